The molecule has 1 atom stereocenters. The van der Waals surface area contributed by atoms with Gasteiger partial charge < -0.3 is 14.6 Å². The van der Waals surface area contributed by atoms with Crippen LogP contribution in [0.25, 0.3) is 33.3 Å². The van der Waals surface area contributed by atoms with E-state index in [0.29, 0.717) is 35.3 Å². The fourth-order valence-corrected chi connectivity index (χ4v) is 5.96. The predicted molar refractivity (Wildman–Crippen MR) is 165 cm³/mol. The van der Waals surface area contributed by atoms with Crippen LogP contribution >= 0.6 is 0 Å². The molecular weight excluding hydrogens is 538 g/mol. The molecule has 3 aromatic carbocycles. The summed E-state index contributed by atoms with van der Waals surface area (Å²) in [5.41, 5.74) is 6.70. The van der Waals surface area contributed by atoms with E-state index < -0.39 is 0 Å². The Morgan fingerprint density at radius 3 is 2.70 bits per heavy atom. The number of ether oxygens (including phenoxy) is 1. The van der Waals surface area contributed by atoms with E-state index in [2.05, 4.69) is 46.7 Å². The zero-order chi connectivity index (χ0) is 29.7. The van der Waals surface area contributed by atoms with Crippen LogP contribution in [0.5, 0.6) is 0 Å². The lowest BCUT2D eigenvalue weighted by molar-refractivity contribution is 0.100. The third-order valence-corrected chi connectivity index (χ3v) is 8.38. The normalized spacial score (nSPS) is 14.8. The molecule has 1 amide bonds. The molecule has 1 N–H and O–H groups in total. The van der Waals surface area contributed by atoms with Crippen LogP contribution in [0.4, 0.5) is 11.5 Å². The number of hydrogen-bond donors (Lipinski definition) is 1. The van der Waals surface area contributed by atoms with Crippen LogP contribution in [-0.2, 0) is 11.8 Å². The number of nitrogens with zero attached hydrogens (tertiary/aromatic N) is 6. The van der Waals surface area contributed by atoms with Crippen LogP contribution in [-0.4, -0.2) is 45.9 Å². The van der Waals surface area contributed by atoms with Gasteiger partial charge in [-0.2, -0.15) is 5.26 Å². The van der Waals surface area contributed by atoms with Gasteiger partial charge in [-0.15, -0.1) is 10.2 Å². The number of anilines is 2. The summed E-state index contributed by atoms with van der Waals surface area (Å²) in [5.74, 6) is 1.52. The second-order valence-electron chi connectivity index (χ2n) is 11.3. The van der Waals surface area contributed by atoms with E-state index in [1.54, 1.807) is 18.3 Å². The highest BCUT2D eigenvalue weighted by Crippen LogP contribution is 2.46. The van der Waals surface area contributed by atoms with Gasteiger partial charge in [0.15, 0.2) is 5.82 Å². The second-order valence-corrected chi connectivity index (χ2v) is 11.3. The van der Waals surface area contributed by atoms with Gasteiger partial charge in [-0.05, 0) is 84.3 Å². The average molecular weight is 570 g/mol. The Morgan fingerprint density at radius 2 is 1.95 bits per heavy atom. The van der Waals surface area contributed by atoms with Crippen LogP contribution in [0.15, 0.2) is 67.0 Å². The van der Waals surface area contributed by atoms with Gasteiger partial charge in [-0.3, -0.25) is 9.69 Å². The molecule has 1 fully saturated rings. The van der Waals surface area contributed by atoms with Crippen LogP contribution in [0.3, 0.4) is 0 Å². The second kappa shape index (κ2) is 10.7. The first-order chi connectivity index (χ1) is 21.0. The third kappa shape index (κ3) is 4.75. The summed E-state index contributed by atoms with van der Waals surface area (Å²) in [6.07, 6.45) is 3.79. The molecule has 1 aliphatic carbocycles. The first-order valence-corrected chi connectivity index (χ1v) is 14.5. The zero-order valence-corrected chi connectivity index (χ0v) is 24.3. The highest BCUT2D eigenvalue weighted by atomic mass is 16.5. The van der Waals surface area contributed by atoms with Gasteiger partial charge in [0, 0.05) is 49.3 Å². The standard InChI is InChI=1S/C34H31N7O2/c1-20(36-11-12-43-3)24-14-23-5-4-6-30-32(23)28(15-24)34(42)41(30)31-17-25(16-29(38-31)22-8-9-22)26-10-7-21(18-35)13-27(26)33-39-37-19-40(33)2/h4-7,10,13-17,19-20,22,36H,8-9,11-12H2,1-3H3. The first kappa shape index (κ1) is 27.0. The summed E-state index contributed by atoms with van der Waals surface area (Å²) in [6, 6.07) is 22.2. The van der Waals surface area contributed by atoms with Crippen molar-refractivity contribution in [1.29, 1.82) is 5.26 Å². The van der Waals surface area contributed by atoms with Gasteiger partial charge in [-0.25, -0.2) is 4.98 Å². The summed E-state index contributed by atoms with van der Waals surface area (Å²) >= 11 is 0. The number of pyridine rings is 1. The molecule has 9 nitrogen and oxygen atoms in total. The Labute approximate surface area is 249 Å². The fourth-order valence-electron chi connectivity index (χ4n) is 5.96. The SMILES string of the molecule is COCCNC(C)c1cc2c3c(cccc3c1)N(c1cc(-c3ccc(C#N)cc3-c3nncn3C)cc(C3CC3)n1)C2=O. The van der Waals surface area contributed by atoms with Gasteiger partial charge in [-0.1, -0.05) is 18.2 Å². The quantitative estimate of drug-likeness (QED) is 0.216. The number of nitrogens with one attached hydrogen (secondary N) is 1. The van der Waals surface area contributed by atoms with E-state index >= 15 is 0 Å². The molecule has 1 aliphatic heterocycles. The summed E-state index contributed by atoms with van der Waals surface area (Å²) in [7, 11) is 3.57. The van der Waals surface area contributed by atoms with Crippen molar-refractivity contribution in [2.45, 2.75) is 31.7 Å². The summed E-state index contributed by atoms with van der Waals surface area (Å²) in [5, 5.41) is 23.5. The smallest absolute Gasteiger partial charge is 0.264 e. The largest absolute Gasteiger partial charge is 0.383 e. The number of amides is 1. The van der Waals surface area contributed by atoms with Crippen molar-refractivity contribution in [2.24, 2.45) is 7.05 Å². The van der Waals surface area contributed by atoms with Crippen molar-refractivity contribution >= 4 is 28.2 Å². The number of aryl methyl sites for hydroxylation is 1. The van der Waals surface area contributed by atoms with Crippen LogP contribution < -0.4 is 10.2 Å². The topological polar surface area (TPSA) is 109 Å². The summed E-state index contributed by atoms with van der Waals surface area (Å²) < 4.78 is 7.04. The van der Waals surface area contributed by atoms with Crippen molar-refractivity contribution in [2.75, 3.05) is 25.2 Å². The van der Waals surface area contributed by atoms with E-state index in [9.17, 15) is 10.1 Å². The fraction of sp³-hybridized carbons (Fsp3) is 0.265. The van der Waals surface area contributed by atoms with Crippen LogP contribution in [0, 0.1) is 11.3 Å². The maximum atomic E-state index is 14.2. The highest BCUT2D eigenvalue weighted by molar-refractivity contribution is 6.27. The minimum atomic E-state index is -0.0862. The first-order valence-electron chi connectivity index (χ1n) is 14.5. The summed E-state index contributed by atoms with van der Waals surface area (Å²) in [4.78, 5) is 21.1. The molecular formula is C34H31N7O2. The maximum Gasteiger partial charge on any atom is 0.264 e. The predicted octanol–water partition coefficient (Wildman–Crippen LogP) is 6.04. The molecule has 0 bridgehead atoms. The third-order valence-electron chi connectivity index (χ3n) is 8.38. The van der Waals surface area contributed by atoms with E-state index in [4.69, 9.17) is 9.72 Å². The lowest BCUT2D eigenvalue weighted by Gasteiger charge is -2.20. The van der Waals surface area contributed by atoms with Crippen molar-refractivity contribution < 1.29 is 9.53 Å². The van der Waals surface area contributed by atoms with E-state index in [1.807, 2.05) is 54.1 Å². The zero-order valence-electron chi connectivity index (χ0n) is 24.3. The molecule has 0 saturated heterocycles. The van der Waals surface area contributed by atoms with Crippen molar-refractivity contribution in [3.8, 4) is 28.6 Å². The molecule has 214 valence electrons. The Hall–Kier alpha value is -4.91. The number of methoxy groups -OCH3 is 1. The van der Waals surface area contributed by atoms with Crippen molar-refractivity contribution in [3.05, 3.63) is 89.4 Å². The number of carbonyl (C=O) groups excluding carboxylic acids is 1. The van der Waals surface area contributed by atoms with Gasteiger partial charge in [0.05, 0.1) is 29.5 Å². The van der Waals surface area contributed by atoms with E-state index in [1.165, 1.54) is 0 Å². The molecule has 0 spiro atoms. The average Bonchev–Trinajstić information content (AvgIpc) is 3.73. The molecule has 9 heteroatoms. The van der Waals surface area contributed by atoms with Crippen molar-refractivity contribution in [3.63, 3.8) is 0 Å². The molecule has 0 radical (unpaired) electrons. The minimum absolute atomic E-state index is 0.0552. The van der Waals surface area contributed by atoms with Crippen LogP contribution in [0.1, 0.15) is 58.9 Å². The number of carbonyl (C=O) groups is 1. The molecule has 1 unspecified atom stereocenters. The van der Waals surface area contributed by atoms with E-state index in [0.717, 1.165) is 63.8 Å². The lowest BCUT2D eigenvalue weighted by atomic mass is 9.96. The number of nitriles is 1. The monoisotopic (exact) mass is 569 g/mol. The number of hydrogen-bond acceptors (Lipinski definition) is 7. The maximum absolute atomic E-state index is 14.2. The molecule has 5 aromatic rings. The molecule has 3 heterocycles. The molecule has 2 aliphatic rings. The highest BCUT2D eigenvalue weighted by Gasteiger charge is 2.34. The molecule has 7 rings (SSSR count). The van der Waals surface area contributed by atoms with E-state index in [-0.39, 0.29) is 11.9 Å². The van der Waals surface area contributed by atoms with Gasteiger partial charge in [0.1, 0.15) is 12.1 Å². The van der Waals surface area contributed by atoms with Crippen molar-refractivity contribution in [1.82, 2.24) is 25.1 Å². The van der Waals surface area contributed by atoms with Gasteiger partial charge >= 0.3 is 0 Å². The Kier molecular flexibility index (Phi) is 6.73. The molecule has 43 heavy (non-hydrogen) atoms. The summed E-state index contributed by atoms with van der Waals surface area (Å²) in [6.45, 7) is 3.44. The number of aromatic nitrogens is 4. The van der Waals surface area contributed by atoms with Gasteiger partial charge in [0.25, 0.3) is 5.91 Å². The molecule has 1 saturated carbocycles. The number of rotatable bonds is 9. The minimum Gasteiger partial charge on any atom is -0.383 e. The Bertz CT molecular complexity index is 1940. The molecule has 2 aromatic heterocycles. The van der Waals surface area contributed by atoms with Crippen LogP contribution in [0.2, 0.25) is 0 Å². The van der Waals surface area contributed by atoms with Gasteiger partial charge in [0.2, 0.25) is 0 Å². The lowest BCUT2D eigenvalue weighted by Crippen LogP contribution is -2.24. The Morgan fingerprint density at radius 1 is 1.09 bits per heavy atom. The Balaban J connectivity index is 1.35. The number of benzene rings is 3.